The van der Waals surface area contributed by atoms with Gasteiger partial charge in [-0.1, -0.05) is 24.3 Å². The molecule has 1 aliphatic rings. The quantitative estimate of drug-likeness (QED) is 0.765. The average Bonchev–Trinajstić information content (AvgIpc) is 3.04. The highest BCUT2D eigenvalue weighted by molar-refractivity contribution is 7.91. The smallest absolute Gasteiger partial charge is 0.271 e. The molecular formula is C18H17N3O3S. The fraction of sp³-hybridized carbons (Fsp3) is 0.222. The number of benzene rings is 1. The van der Waals surface area contributed by atoms with Crippen molar-refractivity contribution in [2.24, 2.45) is 0 Å². The lowest BCUT2D eigenvalue weighted by Crippen LogP contribution is -2.34. The van der Waals surface area contributed by atoms with Crippen LogP contribution in [0.15, 0.2) is 53.6 Å². The van der Waals surface area contributed by atoms with E-state index in [4.69, 9.17) is 0 Å². The lowest BCUT2D eigenvalue weighted by atomic mass is 10.0. The van der Waals surface area contributed by atoms with Crippen LogP contribution in [-0.2, 0) is 9.84 Å². The maximum atomic E-state index is 12.6. The minimum Gasteiger partial charge on any atom is -0.344 e. The molecule has 0 bridgehead atoms. The first-order valence-corrected chi connectivity index (χ1v) is 9.68. The molecule has 6 nitrogen and oxygen atoms in total. The summed E-state index contributed by atoms with van der Waals surface area (Å²) in [6.45, 7) is 1.94. The molecule has 3 heterocycles. The second-order valence-corrected chi connectivity index (χ2v) is 8.27. The molecule has 0 aliphatic carbocycles. The molecule has 3 aromatic rings. The number of fused-ring (bicyclic) bond motifs is 2. The first-order valence-electron chi connectivity index (χ1n) is 8.03. The maximum Gasteiger partial charge on any atom is 0.271 e. The summed E-state index contributed by atoms with van der Waals surface area (Å²) in [6.07, 6.45) is 2.06. The van der Waals surface area contributed by atoms with Gasteiger partial charge in [0.15, 0.2) is 9.84 Å². The molecule has 1 atom stereocenters. The number of nitrogens with zero attached hydrogens (tertiary/aromatic N) is 2. The van der Waals surface area contributed by atoms with E-state index in [-0.39, 0.29) is 17.7 Å². The van der Waals surface area contributed by atoms with Gasteiger partial charge in [-0.25, -0.2) is 13.4 Å². The average molecular weight is 355 g/mol. The molecule has 0 fully saturated rings. The van der Waals surface area contributed by atoms with Crippen molar-refractivity contribution in [3.05, 3.63) is 65.6 Å². The summed E-state index contributed by atoms with van der Waals surface area (Å²) in [5, 5.41) is 2.93. The van der Waals surface area contributed by atoms with Crippen LogP contribution < -0.4 is 5.32 Å². The highest BCUT2D eigenvalue weighted by Gasteiger charge is 2.31. The number of aromatic nitrogens is 2. The topological polar surface area (TPSA) is 80.5 Å². The van der Waals surface area contributed by atoms with Gasteiger partial charge in [-0.05, 0) is 37.1 Å². The van der Waals surface area contributed by atoms with Crippen molar-refractivity contribution in [1.29, 1.82) is 0 Å². The second-order valence-electron chi connectivity index (χ2n) is 6.19. The largest absolute Gasteiger partial charge is 0.344 e. The third-order valence-electron chi connectivity index (χ3n) is 4.54. The van der Waals surface area contributed by atoms with E-state index in [2.05, 4.69) is 10.3 Å². The van der Waals surface area contributed by atoms with Gasteiger partial charge < -0.3 is 9.72 Å². The van der Waals surface area contributed by atoms with E-state index in [1.165, 1.54) is 0 Å². The zero-order chi connectivity index (χ0) is 17.6. The fourth-order valence-electron chi connectivity index (χ4n) is 3.23. The Morgan fingerprint density at radius 1 is 1.20 bits per heavy atom. The molecule has 1 amide bonds. The second kappa shape index (κ2) is 5.70. The number of imidazole rings is 1. The first-order chi connectivity index (χ1) is 12.0. The normalized spacial score (nSPS) is 18.7. The van der Waals surface area contributed by atoms with Crippen LogP contribution in [0.2, 0.25) is 0 Å². The van der Waals surface area contributed by atoms with Gasteiger partial charge in [-0.15, -0.1) is 0 Å². The summed E-state index contributed by atoms with van der Waals surface area (Å²) < 4.78 is 26.3. The Kier molecular flexibility index (Phi) is 3.61. The first kappa shape index (κ1) is 15.8. The van der Waals surface area contributed by atoms with Crippen LogP contribution >= 0.6 is 0 Å². The lowest BCUT2D eigenvalue weighted by Gasteiger charge is -2.25. The third-order valence-corrected chi connectivity index (χ3v) is 6.35. The van der Waals surface area contributed by atoms with Crippen LogP contribution in [0.1, 0.15) is 34.2 Å². The Morgan fingerprint density at radius 3 is 2.80 bits per heavy atom. The summed E-state index contributed by atoms with van der Waals surface area (Å²) >= 11 is 0. The SMILES string of the molecule is Cc1cccc2nc(C(=O)N[C@@H]3CCS(=O)(=O)c4ccccc43)cn12. The Hall–Kier alpha value is -2.67. The van der Waals surface area contributed by atoms with Gasteiger partial charge in [0, 0.05) is 11.9 Å². The predicted molar refractivity (Wildman–Crippen MR) is 93.2 cm³/mol. The number of carbonyl (C=O) groups is 1. The van der Waals surface area contributed by atoms with Gasteiger partial charge in [0.1, 0.15) is 11.3 Å². The predicted octanol–water partition coefficient (Wildman–Crippen LogP) is 2.29. The number of rotatable bonds is 2. The third kappa shape index (κ3) is 2.70. The molecule has 128 valence electrons. The van der Waals surface area contributed by atoms with Crippen LogP contribution in [0.5, 0.6) is 0 Å². The van der Waals surface area contributed by atoms with Crippen LogP contribution in [0.3, 0.4) is 0 Å². The van der Waals surface area contributed by atoms with Crippen molar-refractivity contribution < 1.29 is 13.2 Å². The number of aryl methyl sites for hydroxylation is 1. The number of sulfone groups is 1. The van der Waals surface area contributed by atoms with Gasteiger partial charge in [0.25, 0.3) is 5.91 Å². The lowest BCUT2D eigenvalue weighted by molar-refractivity contribution is 0.0930. The molecule has 0 spiro atoms. The molecule has 0 unspecified atom stereocenters. The molecule has 0 saturated heterocycles. The van der Waals surface area contributed by atoms with Crippen molar-refractivity contribution in [3.63, 3.8) is 0 Å². The van der Waals surface area contributed by atoms with Gasteiger partial charge in [-0.3, -0.25) is 4.79 Å². The molecule has 0 radical (unpaired) electrons. The number of hydrogen-bond donors (Lipinski definition) is 1. The van der Waals surface area contributed by atoms with E-state index in [0.717, 1.165) is 5.69 Å². The Bertz CT molecular complexity index is 1090. The van der Waals surface area contributed by atoms with Crippen LogP contribution in [-0.4, -0.2) is 29.5 Å². The van der Waals surface area contributed by atoms with Crippen LogP contribution in [0, 0.1) is 6.92 Å². The molecule has 4 rings (SSSR count). The number of pyridine rings is 1. The van der Waals surface area contributed by atoms with E-state index >= 15 is 0 Å². The highest BCUT2D eigenvalue weighted by Crippen LogP contribution is 2.32. The van der Waals surface area contributed by atoms with Crippen molar-refractivity contribution in [2.75, 3.05) is 5.75 Å². The van der Waals surface area contributed by atoms with Gasteiger partial charge >= 0.3 is 0 Å². The van der Waals surface area contributed by atoms with Gasteiger partial charge in [-0.2, -0.15) is 0 Å². The highest BCUT2D eigenvalue weighted by atomic mass is 32.2. The van der Waals surface area contributed by atoms with Crippen molar-refractivity contribution in [3.8, 4) is 0 Å². The number of carbonyl (C=O) groups excluding carboxylic acids is 1. The molecule has 25 heavy (non-hydrogen) atoms. The summed E-state index contributed by atoms with van der Waals surface area (Å²) in [6, 6.07) is 12.2. The van der Waals surface area contributed by atoms with Gasteiger partial charge in [0.2, 0.25) is 0 Å². The zero-order valence-corrected chi connectivity index (χ0v) is 14.5. The van der Waals surface area contributed by atoms with Crippen molar-refractivity contribution in [2.45, 2.75) is 24.3 Å². The Balaban J connectivity index is 1.66. The summed E-state index contributed by atoms with van der Waals surface area (Å²) in [7, 11) is -3.27. The van der Waals surface area contributed by atoms with Crippen molar-refractivity contribution in [1.82, 2.24) is 14.7 Å². The molecule has 1 N–H and O–H groups in total. The number of nitrogens with one attached hydrogen (secondary N) is 1. The molecule has 7 heteroatoms. The number of hydrogen-bond acceptors (Lipinski definition) is 4. The fourth-order valence-corrected chi connectivity index (χ4v) is 4.85. The maximum absolute atomic E-state index is 12.6. The molecule has 2 aromatic heterocycles. The van der Waals surface area contributed by atoms with Gasteiger partial charge in [0.05, 0.1) is 16.7 Å². The summed E-state index contributed by atoms with van der Waals surface area (Å²) in [5.74, 6) is -0.276. The molecule has 1 aromatic carbocycles. The minimum absolute atomic E-state index is 0.0270. The summed E-state index contributed by atoms with van der Waals surface area (Å²) in [5.41, 5.74) is 2.65. The zero-order valence-electron chi connectivity index (χ0n) is 13.6. The number of amides is 1. The van der Waals surface area contributed by atoms with E-state index in [1.54, 1.807) is 30.5 Å². The minimum atomic E-state index is -3.27. The molecular weight excluding hydrogens is 338 g/mol. The summed E-state index contributed by atoms with van der Waals surface area (Å²) in [4.78, 5) is 17.3. The van der Waals surface area contributed by atoms with E-state index in [1.807, 2.05) is 29.5 Å². The molecule has 1 aliphatic heterocycles. The van der Waals surface area contributed by atoms with Crippen LogP contribution in [0.25, 0.3) is 5.65 Å². The monoisotopic (exact) mass is 355 g/mol. The van der Waals surface area contributed by atoms with E-state index in [9.17, 15) is 13.2 Å². The van der Waals surface area contributed by atoms with Crippen molar-refractivity contribution >= 4 is 21.4 Å². The Labute approximate surface area is 145 Å². The van der Waals surface area contributed by atoms with Crippen LogP contribution in [0.4, 0.5) is 0 Å². The van der Waals surface area contributed by atoms with E-state index < -0.39 is 9.84 Å². The molecule has 0 saturated carbocycles. The van der Waals surface area contributed by atoms with E-state index in [0.29, 0.717) is 28.2 Å². The standard InChI is InChI=1S/C18H17N3O3S/c1-12-5-4-8-17-19-15(11-21(12)17)18(22)20-14-9-10-25(23,24)16-7-3-2-6-13(14)16/h2-8,11,14H,9-10H2,1H3,(H,20,22)/t14-/m1/s1. The Morgan fingerprint density at radius 2 is 2.00 bits per heavy atom.